The zero-order valence-electron chi connectivity index (χ0n) is 20.0. The van der Waals surface area contributed by atoms with Gasteiger partial charge in [0.1, 0.15) is 16.6 Å². The van der Waals surface area contributed by atoms with E-state index < -0.39 is 6.04 Å². The average Bonchev–Trinajstić information content (AvgIpc) is 3.55. The molecule has 0 saturated carbocycles. The molecule has 3 aromatic carbocycles. The number of hydrogen-bond donors (Lipinski definition) is 3. The number of benzene rings is 3. The fraction of sp³-hybridized carbons (Fsp3) is 0.0741. The predicted molar refractivity (Wildman–Crippen MR) is 149 cm³/mol. The molecule has 6 rings (SSSR count). The molecule has 3 N–H and O–H groups in total. The molecule has 1 unspecified atom stereocenters. The Morgan fingerprint density at radius 1 is 1.00 bits per heavy atom. The van der Waals surface area contributed by atoms with Crippen molar-refractivity contribution in [2.24, 2.45) is 4.99 Å². The second kappa shape index (κ2) is 10.1. The van der Waals surface area contributed by atoms with E-state index in [9.17, 15) is 4.79 Å². The van der Waals surface area contributed by atoms with Gasteiger partial charge in [0.15, 0.2) is 5.58 Å². The molecule has 0 spiro atoms. The van der Waals surface area contributed by atoms with Crippen molar-refractivity contribution in [3.8, 4) is 10.6 Å². The molecular formula is C27H20ClN7O2S. The van der Waals surface area contributed by atoms with E-state index in [1.807, 2.05) is 72.8 Å². The van der Waals surface area contributed by atoms with Crippen molar-refractivity contribution in [2.45, 2.75) is 13.0 Å². The van der Waals surface area contributed by atoms with Gasteiger partial charge in [0.2, 0.25) is 11.1 Å². The van der Waals surface area contributed by atoms with Gasteiger partial charge in [-0.1, -0.05) is 83.6 Å². The normalized spacial score (nSPS) is 15.2. The number of guanidine groups is 1. The number of allylic oxidation sites excluding steroid dienone is 1. The standard InChI is InChI=1S/C27H20ClN7O2S/c1-15-21(23(36)32-27-35-34-24(38-27)16-9-3-2-4-10-16)22(17-11-5-6-12-18(17)28)31-25(29-15)33-26-30-19-13-7-8-14-20(19)37-26/h2-14,22H,1H3,(H,32,35,36)(H2,29,30,31,33). The van der Waals surface area contributed by atoms with Crippen LogP contribution < -0.4 is 16.0 Å². The Hall–Kier alpha value is -4.54. The van der Waals surface area contributed by atoms with Crippen molar-refractivity contribution in [3.63, 3.8) is 0 Å². The van der Waals surface area contributed by atoms with Gasteiger partial charge in [0, 0.05) is 21.8 Å². The van der Waals surface area contributed by atoms with E-state index in [1.165, 1.54) is 11.3 Å². The van der Waals surface area contributed by atoms with Crippen molar-refractivity contribution < 1.29 is 9.21 Å². The summed E-state index contributed by atoms with van der Waals surface area (Å²) >= 11 is 7.84. The fourth-order valence-corrected chi connectivity index (χ4v) is 5.10. The first-order chi connectivity index (χ1) is 18.5. The number of hydrogen-bond acceptors (Lipinski definition) is 9. The third-order valence-electron chi connectivity index (χ3n) is 5.87. The van der Waals surface area contributed by atoms with Crippen LogP contribution in [0.15, 0.2) is 99.5 Å². The summed E-state index contributed by atoms with van der Waals surface area (Å²) < 4.78 is 5.78. The number of anilines is 2. The number of fused-ring (bicyclic) bond motifs is 1. The molecule has 11 heteroatoms. The summed E-state index contributed by atoms with van der Waals surface area (Å²) in [6.45, 7) is 1.80. The van der Waals surface area contributed by atoms with Gasteiger partial charge in [-0.25, -0.2) is 4.99 Å². The minimum Gasteiger partial charge on any atom is -0.423 e. The van der Waals surface area contributed by atoms with Gasteiger partial charge in [0.05, 0.1) is 5.57 Å². The van der Waals surface area contributed by atoms with E-state index in [0.717, 1.165) is 5.56 Å². The third-order valence-corrected chi connectivity index (χ3v) is 7.10. The Morgan fingerprint density at radius 3 is 2.58 bits per heavy atom. The van der Waals surface area contributed by atoms with Gasteiger partial charge in [-0.3, -0.25) is 15.4 Å². The van der Waals surface area contributed by atoms with Crippen LogP contribution in [0.5, 0.6) is 0 Å². The number of para-hydroxylation sites is 2. The maximum Gasteiger partial charge on any atom is 0.302 e. The van der Waals surface area contributed by atoms with E-state index in [0.29, 0.717) is 49.1 Å². The summed E-state index contributed by atoms with van der Waals surface area (Å²) in [5.74, 6) is 0.0122. The van der Waals surface area contributed by atoms with Crippen LogP contribution in [0.25, 0.3) is 21.7 Å². The average molecular weight is 542 g/mol. The van der Waals surface area contributed by atoms with Gasteiger partial charge in [-0.2, -0.15) is 4.98 Å². The van der Waals surface area contributed by atoms with Gasteiger partial charge in [0.25, 0.3) is 5.91 Å². The van der Waals surface area contributed by atoms with Crippen LogP contribution in [-0.2, 0) is 4.79 Å². The highest BCUT2D eigenvalue weighted by Gasteiger charge is 2.31. The Labute approximate surface area is 226 Å². The molecule has 0 bridgehead atoms. The van der Waals surface area contributed by atoms with Crippen LogP contribution in [0, 0.1) is 0 Å². The number of aromatic nitrogens is 3. The lowest BCUT2D eigenvalue weighted by molar-refractivity contribution is -0.113. The van der Waals surface area contributed by atoms with Crippen molar-refractivity contribution in [2.75, 3.05) is 10.6 Å². The Balaban J connectivity index is 1.30. The predicted octanol–water partition coefficient (Wildman–Crippen LogP) is 6.02. The molecule has 5 aromatic rings. The lowest BCUT2D eigenvalue weighted by atomic mass is 9.95. The fourth-order valence-electron chi connectivity index (χ4n) is 4.12. The van der Waals surface area contributed by atoms with Crippen molar-refractivity contribution in [3.05, 3.63) is 101 Å². The maximum atomic E-state index is 13.6. The first-order valence-corrected chi connectivity index (χ1v) is 12.9. The summed E-state index contributed by atoms with van der Waals surface area (Å²) in [6.07, 6.45) is 0. The van der Waals surface area contributed by atoms with Crippen LogP contribution in [0.2, 0.25) is 5.02 Å². The molecule has 2 aromatic heterocycles. The number of oxazole rings is 1. The van der Waals surface area contributed by atoms with Crippen LogP contribution in [0.4, 0.5) is 11.1 Å². The number of amides is 1. The summed E-state index contributed by atoms with van der Waals surface area (Å²) in [6, 6.07) is 24.0. The number of carbonyl (C=O) groups excluding carboxylic acids is 1. The summed E-state index contributed by atoms with van der Waals surface area (Å²) in [4.78, 5) is 22.8. The second-order valence-electron chi connectivity index (χ2n) is 8.41. The lowest BCUT2D eigenvalue weighted by Crippen LogP contribution is -2.37. The minimum absolute atomic E-state index is 0.276. The van der Waals surface area contributed by atoms with E-state index >= 15 is 0 Å². The number of nitrogens with zero attached hydrogens (tertiary/aromatic N) is 4. The van der Waals surface area contributed by atoms with E-state index in [-0.39, 0.29) is 11.9 Å². The Bertz CT molecular complexity index is 1680. The summed E-state index contributed by atoms with van der Waals surface area (Å²) in [7, 11) is 0. The number of rotatable bonds is 5. The van der Waals surface area contributed by atoms with Crippen LogP contribution in [0.1, 0.15) is 18.5 Å². The van der Waals surface area contributed by atoms with E-state index in [4.69, 9.17) is 21.0 Å². The molecule has 1 aliphatic heterocycles. The zero-order chi connectivity index (χ0) is 26.1. The topological polar surface area (TPSA) is 117 Å². The maximum absolute atomic E-state index is 13.6. The molecule has 188 valence electrons. The van der Waals surface area contributed by atoms with Gasteiger partial charge < -0.3 is 9.73 Å². The number of aliphatic imine (C=N–C) groups is 1. The highest BCUT2D eigenvalue weighted by atomic mass is 35.5. The van der Waals surface area contributed by atoms with Crippen LogP contribution in [0.3, 0.4) is 0 Å². The smallest absolute Gasteiger partial charge is 0.302 e. The van der Waals surface area contributed by atoms with Crippen LogP contribution in [-0.4, -0.2) is 27.0 Å². The molecule has 9 nitrogen and oxygen atoms in total. The first kappa shape index (κ1) is 23.8. The largest absolute Gasteiger partial charge is 0.423 e. The second-order valence-corrected chi connectivity index (χ2v) is 9.79. The zero-order valence-corrected chi connectivity index (χ0v) is 21.5. The van der Waals surface area contributed by atoms with E-state index in [1.54, 1.807) is 13.0 Å². The molecule has 38 heavy (non-hydrogen) atoms. The molecule has 3 heterocycles. The van der Waals surface area contributed by atoms with Crippen molar-refractivity contribution in [1.29, 1.82) is 0 Å². The molecule has 0 radical (unpaired) electrons. The summed E-state index contributed by atoms with van der Waals surface area (Å²) in [5.41, 5.74) is 3.96. The molecular weight excluding hydrogens is 522 g/mol. The van der Waals surface area contributed by atoms with Gasteiger partial charge in [-0.05, 0) is 25.1 Å². The Kier molecular flexibility index (Phi) is 6.32. The third kappa shape index (κ3) is 4.74. The van der Waals surface area contributed by atoms with E-state index in [2.05, 4.69) is 31.1 Å². The van der Waals surface area contributed by atoms with Gasteiger partial charge >= 0.3 is 6.01 Å². The number of carbonyl (C=O) groups is 1. The number of halogens is 1. The quantitative estimate of drug-likeness (QED) is 0.249. The molecule has 1 amide bonds. The molecule has 1 aliphatic rings. The first-order valence-electron chi connectivity index (χ1n) is 11.7. The molecule has 1 atom stereocenters. The summed E-state index contributed by atoms with van der Waals surface area (Å²) in [5, 5.41) is 19.1. The monoisotopic (exact) mass is 541 g/mol. The SMILES string of the molecule is CC1=C(C(=O)Nc2nnc(-c3ccccc3)s2)C(c2ccccc2Cl)N=C(Nc2nc3ccccc3o2)N1. The van der Waals surface area contributed by atoms with Gasteiger partial charge in [-0.15, -0.1) is 10.2 Å². The van der Waals surface area contributed by atoms with Crippen molar-refractivity contribution >= 4 is 57.1 Å². The van der Waals surface area contributed by atoms with Crippen molar-refractivity contribution in [1.82, 2.24) is 20.5 Å². The molecule has 0 aliphatic carbocycles. The number of nitrogens with one attached hydrogen (secondary N) is 3. The highest BCUT2D eigenvalue weighted by molar-refractivity contribution is 7.18. The lowest BCUT2D eigenvalue weighted by Gasteiger charge is -2.26. The highest BCUT2D eigenvalue weighted by Crippen LogP contribution is 2.36. The van der Waals surface area contributed by atoms with Crippen LogP contribution >= 0.6 is 22.9 Å². The molecule has 0 fully saturated rings. The molecule has 0 saturated heterocycles. The minimum atomic E-state index is -0.696. The Morgan fingerprint density at radius 2 is 1.76 bits per heavy atom.